The van der Waals surface area contributed by atoms with Crippen LogP contribution in [0.4, 0.5) is 5.82 Å². The summed E-state index contributed by atoms with van der Waals surface area (Å²) in [7, 11) is 0. The van der Waals surface area contributed by atoms with Gasteiger partial charge in [-0.05, 0) is 23.8 Å². The van der Waals surface area contributed by atoms with Crippen LogP contribution in [-0.2, 0) is 5.41 Å². The quantitative estimate of drug-likeness (QED) is 0.727. The third-order valence-electron chi connectivity index (χ3n) is 3.93. The minimum Gasteiger partial charge on any atom is -0.383 e. The fourth-order valence-corrected chi connectivity index (χ4v) is 2.45. The topological polar surface area (TPSA) is 106 Å². The Bertz CT molecular complexity index is 790. The van der Waals surface area contributed by atoms with Crippen LogP contribution in [0.3, 0.4) is 0 Å². The summed E-state index contributed by atoms with van der Waals surface area (Å²) in [5, 5.41) is 11.1. The molecule has 0 bridgehead atoms. The van der Waals surface area contributed by atoms with Gasteiger partial charge in [0.2, 0.25) is 0 Å². The van der Waals surface area contributed by atoms with Crippen molar-refractivity contribution in [3.63, 3.8) is 0 Å². The van der Waals surface area contributed by atoms with Gasteiger partial charge < -0.3 is 5.73 Å². The fraction of sp³-hybridized carbons (Fsp3) is 0.308. The summed E-state index contributed by atoms with van der Waals surface area (Å²) in [6, 6.07) is 0. The van der Waals surface area contributed by atoms with Gasteiger partial charge in [0.15, 0.2) is 5.82 Å². The number of nitrogens with one attached hydrogen (secondary N) is 1. The zero-order chi connectivity index (χ0) is 13.7. The van der Waals surface area contributed by atoms with E-state index in [1.54, 1.807) is 12.4 Å². The zero-order valence-electron chi connectivity index (χ0n) is 11.0. The maximum Gasteiger partial charge on any atom is 0.184 e. The minimum atomic E-state index is 0.166. The van der Waals surface area contributed by atoms with Crippen molar-refractivity contribution < 1.29 is 0 Å². The highest BCUT2D eigenvalue weighted by atomic mass is 15.3. The normalized spacial score (nSPS) is 16.4. The van der Waals surface area contributed by atoms with Gasteiger partial charge in [0, 0.05) is 11.6 Å². The fourth-order valence-electron chi connectivity index (χ4n) is 2.45. The zero-order valence-corrected chi connectivity index (χ0v) is 11.0. The molecule has 7 nitrogen and oxygen atoms in total. The number of pyridine rings is 1. The van der Waals surface area contributed by atoms with Crippen molar-refractivity contribution in [2.24, 2.45) is 0 Å². The number of aromatic nitrogens is 6. The Hall–Kier alpha value is -2.57. The first kappa shape index (κ1) is 11.3. The molecule has 0 radical (unpaired) electrons. The number of hydrogen-bond donors (Lipinski definition) is 2. The summed E-state index contributed by atoms with van der Waals surface area (Å²) < 4.78 is 0. The SMILES string of the molecule is CC1(c2cncc3nc(-c4c[nH]nn4)nc(N)c23)CC1. The predicted octanol–water partition coefficient (Wildman–Crippen LogP) is 1.44. The van der Waals surface area contributed by atoms with Gasteiger partial charge in [-0.25, -0.2) is 9.97 Å². The van der Waals surface area contributed by atoms with E-state index in [-0.39, 0.29) is 5.41 Å². The molecule has 0 aromatic carbocycles. The van der Waals surface area contributed by atoms with E-state index in [4.69, 9.17) is 5.73 Å². The van der Waals surface area contributed by atoms with Crippen LogP contribution in [0.5, 0.6) is 0 Å². The molecule has 1 fully saturated rings. The summed E-state index contributed by atoms with van der Waals surface area (Å²) in [5.41, 5.74) is 8.78. The third-order valence-corrected chi connectivity index (χ3v) is 3.93. The lowest BCUT2D eigenvalue weighted by Crippen LogP contribution is -2.06. The Balaban J connectivity index is 1.99. The molecule has 1 aliphatic carbocycles. The molecular weight excluding hydrogens is 254 g/mol. The van der Waals surface area contributed by atoms with Gasteiger partial charge in [-0.2, -0.15) is 0 Å². The average molecular weight is 267 g/mol. The number of nitrogens with two attached hydrogens (primary N) is 1. The van der Waals surface area contributed by atoms with E-state index in [9.17, 15) is 0 Å². The average Bonchev–Trinajstić information content (AvgIpc) is 2.99. The van der Waals surface area contributed by atoms with Gasteiger partial charge >= 0.3 is 0 Å². The monoisotopic (exact) mass is 267 g/mol. The number of nitrogens with zero attached hydrogens (tertiary/aromatic N) is 5. The Labute approximate surface area is 114 Å². The smallest absolute Gasteiger partial charge is 0.184 e. The number of nitrogen functional groups attached to an aromatic ring is 1. The lowest BCUT2D eigenvalue weighted by Gasteiger charge is -2.13. The molecule has 1 saturated carbocycles. The van der Waals surface area contributed by atoms with Crippen LogP contribution >= 0.6 is 0 Å². The van der Waals surface area contributed by atoms with Crippen molar-refractivity contribution in [3.05, 3.63) is 24.2 Å². The summed E-state index contributed by atoms with van der Waals surface area (Å²) in [6.45, 7) is 2.22. The Kier molecular flexibility index (Phi) is 2.10. The minimum absolute atomic E-state index is 0.166. The van der Waals surface area contributed by atoms with Crippen LogP contribution in [0.2, 0.25) is 0 Å². The van der Waals surface area contributed by atoms with E-state index in [2.05, 4.69) is 37.3 Å². The molecule has 0 saturated heterocycles. The molecule has 0 aliphatic heterocycles. The highest BCUT2D eigenvalue weighted by molar-refractivity contribution is 5.92. The molecule has 3 N–H and O–H groups in total. The van der Waals surface area contributed by atoms with Gasteiger partial charge in [0.25, 0.3) is 0 Å². The highest BCUT2D eigenvalue weighted by Crippen LogP contribution is 2.50. The molecule has 100 valence electrons. The standard InChI is InChI=1S/C13H13N7/c1-13(2-3-13)7-4-15-5-8-10(7)11(14)18-12(17-8)9-6-16-20-19-9/h4-6H,2-3H2,1H3,(H2,14,17,18)(H,16,19,20). The highest BCUT2D eigenvalue weighted by Gasteiger charge is 2.41. The second-order valence-electron chi connectivity index (χ2n) is 5.43. The summed E-state index contributed by atoms with van der Waals surface area (Å²) in [5.74, 6) is 0.933. The Morgan fingerprint density at radius 2 is 2.10 bits per heavy atom. The maximum atomic E-state index is 6.15. The van der Waals surface area contributed by atoms with Crippen LogP contribution in [0, 0.1) is 0 Å². The molecule has 4 rings (SSSR count). The first-order valence-electron chi connectivity index (χ1n) is 6.46. The largest absolute Gasteiger partial charge is 0.383 e. The number of rotatable bonds is 2. The van der Waals surface area contributed by atoms with Crippen molar-refractivity contribution in [1.82, 2.24) is 30.4 Å². The molecule has 3 aromatic heterocycles. The Morgan fingerprint density at radius 1 is 1.25 bits per heavy atom. The van der Waals surface area contributed by atoms with E-state index >= 15 is 0 Å². The van der Waals surface area contributed by atoms with Gasteiger partial charge in [0.05, 0.1) is 17.9 Å². The summed E-state index contributed by atoms with van der Waals surface area (Å²) in [4.78, 5) is 13.2. The van der Waals surface area contributed by atoms with Crippen molar-refractivity contribution in [1.29, 1.82) is 0 Å². The van der Waals surface area contributed by atoms with Crippen LogP contribution in [0.25, 0.3) is 22.4 Å². The summed E-state index contributed by atoms with van der Waals surface area (Å²) >= 11 is 0. The molecule has 0 atom stereocenters. The van der Waals surface area contributed by atoms with Gasteiger partial charge in [0.1, 0.15) is 11.5 Å². The van der Waals surface area contributed by atoms with Gasteiger partial charge in [-0.1, -0.05) is 12.1 Å². The van der Waals surface area contributed by atoms with Crippen molar-refractivity contribution in [3.8, 4) is 11.5 Å². The number of H-pyrrole nitrogens is 1. The van der Waals surface area contributed by atoms with Crippen molar-refractivity contribution in [2.45, 2.75) is 25.2 Å². The molecule has 1 aliphatic rings. The van der Waals surface area contributed by atoms with E-state index in [0.717, 1.165) is 29.3 Å². The van der Waals surface area contributed by atoms with Crippen LogP contribution in [-0.4, -0.2) is 30.4 Å². The second kappa shape index (κ2) is 3.72. The van der Waals surface area contributed by atoms with Crippen LogP contribution < -0.4 is 5.73 Å². The van der Waals surface area contributed by atoms with E-state index in [1.165, 1.54) is 0 Å². The first-order valence-corrected chi connectivity index (χ1v) is 6.46. The number of anilines is 1. The number of aromatic amines is 1. The van der Waals surface area contributed by atoms with E-state index < -0.39 is 0 Å². The second-order valence-corrected chi connectivity index (χ2v) is 5.43. The lowest BCUT2D eigenvalue weighted by molar-refractivity contribution is 0.790. The van der Waals surface area contributed by atoms with Crippen molar-refractivity contribution in [2.75, 3.05) is 5.73 Å². The van der Waals surface area contributed by atoms with E-state index in [1.807, 2.05) is 6.20 Å². The van der Waals surface area contributed by atoms with Gasteiger partial charge in [-0.3, -0.25) is 10.1 Å². The van der Waals surface area contributed by atoms with Crippen molar-refractivity contribution >= 4 is 16.7 Å². The molecule has 3 heterocycles. The van der Waals surface area contributed by atoms with Gasteiger partial charge in [-0.15, -0.1) is 5.10 Å². The maximum absolute atomic E-state index is 6.15. The molecule has 0 spiro atoms. The molecular formula is C13H13N7. The van der Waals surface area contributed by atoms with Crippen LogP contribution in [0.15, 0.2) is 18.6 Å². The third kappa shape index (κ3) is 1.56. The molecule has 20 heavy (non-hydrogen) atoms. The number of fused-ring (bicyclic) bond motifs is 1. The Morgan fingerprint density at radius 3 is 2.80 bits per heavy atom. The molecule has 3 aromatic rings. The predicted molar refractivity (Wildman–Crippen MR) is 73.7 cm³/mol. The first-order chi connectivity index (χ1) is 9.67. The molecule has 0 amide bonds. The molecule has 0 unspecified atom stereocenters. The lowest BCUT2D eigenvalue weighted by atomic mass is 9.96. The summed E-state index contributed by atoms with van der Waals surface area (Å²) in [6.07, 6.45) is 7.54. The van der Waals surface area contributed by atoms with Crippen LogP contribution in [0.1, 0.15) is 25.3 Å². The number of hydrogen-bond acceptors (Lipinski definition) is 6. The molecule has 7 heteroatoms. The van der Waals surface area contributed by atoms with E-state index in [0.29, 0.717) is 17.3 Å².